The van der Waals surface area contributed by atoms with Crippen molar-refractivity contribution in [2.75, 3.05) is 42.9 Å². The number of carbonyl (C=O) groups is 2. The Labute approximate surface area is 185 Å². The zero-order valence-corrected chi connectivity index (χ0v) is 17.8. The molecule has 1 aliphatic heterocycles. The van der Waals surface area contributed by atoms with Crippen LogP contribution in [-0.2, 0) is 0 Å². The van der Waals surface area contributed by atoms with Crippen molar-refractivity contribution in [2.24, 2.45) is 0 Å². The molecule has 1 fully saturated rings. The summed E-state index contributed by atoms with van der Waals surface area (Å²) in [5, 5.41) is 12.9. The van der Waals surface area contributed by atoms with Crippen LogP contribution in [-0.4, -0.2) is 59.6 Å². The number of rotatable bonds is 6. The van der Waals surface area contributed by atoms with Crippen molar-refractivity contribution in [1.29, 1.82) is 0 Å². The van der Waals surface area contributed by atoms with Crippen LogP contribution < -0.4 is 10.2 Å². The van der Waals surface area contributed by atoms with Gasteiger partial charge in [-0.2, -0.15) is 0 Å². The van der Waals surface area contributed by atoms with Gasteiger partial charge < -0.3 is 15.3 Å². The lowest BCUT2D eigenvalue weighted by Gasteiger charge is -2.35. The third-order valence-corrected chi connectivity index (χ3v) is 5.64. The predicted molar refractivity (Wildman–Crippen MR) is 122 cm³/mol. The van der Waals surface area contributed by atoms with E-state index < -0.39 is 17.7 Å². The van der Waals surface area contributed by atoms with Gasteiger partial charge >= 0.3 is 5.97 Å². The zero-order chi connectivity index (χ0) is 22.7. The van der Waals surface area contributed by atoms with E-state index >= 15 is 0 Å². The molecule has 0 aliphatic carbocycles. The predicted octanol–water partition coefficient (Wildman–Crippen LogP) is 3.86. The second kappa shape index (κ2) is 9.32. The van der Waals surface area contributed by atoms with Gasteiger partial charge in [0.1, 0.15) is 11.6 Å². The van der Waals surface area contributed by atoms with Gasteiger partial charge in [0.2, 0.25) is 0 Å². The average molecular weight is 436 g/mol. The second-order valence-corrected chi connectivity index (χ2v) is 7.83. The summed E-state index contributed by atoms with van der Waals surface area (Å²) in [7, 11) is 0. The smallest absolute Gasteiger partial charge is 0.336 e. The van der Waals surface area contributed by atoms with Gasteiger partial charge in [0, 0.05) is 37.3 Å². The highest BCUT2D eigenvalue weighted by molar-refractivity contribution is 6.08. The van der Waals surface area contributed by atoms with E-state index in [9.17, 15) is 19.1 Å². The minimum absolute atomic E-state index is 0.0817. The van der Waals surface area contributed by atoms with Gasteiger partial charge in [-0.15, -0.1) is 0 Å². The number of aromatic carboxylic acids is 1. The van der Waals surface area contributed by atoms with Crippen LogP contribution in [0.3, 0.4) is 0 Å². The largest absolute Gasteiger partial charge is 0.478 e. The van der Waals surface area contributed by atoms with E-state index in [1.165, 1.54) is 18.2 Å². The van der Waals surface area contributed by atoms with E-state index in [1.54, 1.807) is 30.3 Å². The number of hydrogen-bond donors (Lipinski definition) is 2. The Kier molecular flexibility index (Phi) is 6.32. The molecule has 32 heavy (non-hydrogen) atoms. The quantitative estimate of drug-likeness (QED) is 0.610. The summed E-state index contributed by atoms with van der Waals surface area (Å²) in [6.45, 7) is 6.61. The second-order valence-electron chi connectivity index (χ2n) is 7.83. The van der Waals surface area contributed by atoms with Gasteiger partial charge in [0.25, 0.3) is 5.91 Å². The molecule has 1 saturated heterocycles. The maximum absolute atomic E-state index is 13.9. The van der Waals surface area contributed by atoms with Crippen molar-refractivity contribution in [3.63, 3.8) is 0 Å². The molecule has 3 aromatic rings. The molecule has 0 spiro atoms. The standard InChI is InChI=1S/C24H25FN4O3/c1-2-9-28-10-12-29(13-11-28)22-15-19(24(31)32)18-14-16(7-8-21(18)27-22)26-23(30)17-5-3-4-6-20(17)25/h3-8,14-15H,2,9-13H2,1H3,(H,26,30)(H,31,32). The Hall–Kier alpha value is -3.52. The maximum Gasteiger partial charge on any atom is 0.336 e. The summed E-state index contributed by atoms with van der Waals surface area (Å²) in [6, 6.07) is 12.2. The first kappa shape index (κ1) is 21.7. The monoisotopic (exact) mass is 436 g/mol. The van der Waals surface area contributed by atoms with Crippen LogP contribution in [0.15, 0.2) is 48.5 Å². The highest BCUT2D eigenvalue weighted by Crippen LogP contribution is 2.27. The van der Waals surface area contributed by atoms with Crippen LogP contribution in [0.1, 0.15) is 34.1 Å². The molecule has 0 radical (unpaired) electrons. The molecule has 2 N–H and O–H groups in total. The first-order valence-electron chi connectivity index (χ1n) is 10.7. The first-order chi connectivity index (χ1) is 15.5. The molecule has 1 amide bonds. The summed E-state index contributed by atoms with van der Waals surface area (Å²) >= 11 is 0. The van der Waals surface area contributed by atoms with Gasteiger partial charge in [-0.3, -0.25) is 9.69 Å². The number of amides is 1. The molecule has 8 heteroatoms. The highest BCUT2D eigenvalue weighted by Gasteiger charge is 2.21. The van der Waals surface area contributed by atoms with Crippen molar-refractivity contribution in [3.8, 4) is 0 Å². The Balaban J connectivity index is 1.61. The van der Waals surface area contributed by atoms with Crippen molar-refractivity contribution in [3.05, 3.63) is 65.5 Å². The molecule has 2 heterocycles. The number of halogens is 1. The van der Waals surface area contributed by atoms with E-state index in [4.69, 9.17) is 0 Å². The molecular formula is C24H25FN4O3. The number of hydrogen-bond acceptors (Lipinski definition) is 5. The first-order valence-corrected chi connectivity index (χ1v) is 10.7. The number of carboxylic acid groups (broad SMARTS) is 1. The number of aromatic nitrogens is 1. The van der Waals surface area contributed by atoms with Crippen LogP contribution in [0.4, 0.5) is 15.9 Å². The van der Waals surface area contributed by atoms with Crippen molar-refractivity contribution in [2.45, 2.75) is 13.3 Å². The molecular weight excluding hydrogens is 411 g/mol. The Bertz CT molecular complexity index is 1160. The summed E-state index contributed by atoms with van der Waals surface area (Å²) < 4.78 is 13.9. The SMILES string of the molecule is CCCN1CCN(c2cc(C(=O)O)c3cc(NC(=O)c4ccccc4F)ccc3n2)CC1. The number of carbonyl (C=O) groups excluding carboxylic acids is 1. The fourth-order valence-corrected chi connectivity index (χ4v) is 3.99. The molecule has 7 nitrogen and oxygen atoms in total. The molecule has 166 valence electrons. The van der Waals surface area contributed by atoms with Gasteiger partial charge in [-0.1, -0.05) is 19.1 Å². The molecule has 0 unspecified atom stereocenters. The maximum atomic E-state index is 13.9. The van der Waals surface area contributed by atoms with Gasteiger partial charge in [-0.05, 0) is 49.4 Å². The van der Waals surface area contributed by atoms with Gasteiger partial charge in [0.15, 0.2) is 0 Å². The summed E-state index contributed by atoms with van der Waals surface area (Å²) in [5.41, 5.74) is 0.931. The Morgan fingerprint density at radius 3 is 2.50 bits per heavy atom. The Morgan fingerprint density at radius 2 is 1.81 bits per heavy atom. The fourth-order valence-electron chi connectivity index (χ4n) is 3.99. The van der Waals surface area contributed by atoms with Crippen molar-refractivity contribution < 1.29 is 19.1 Å². The summed E-state index contributed by atoms with van der Waals surface area (Å²) in [5.74, 6) is -1.66. The number of anilines is 2. The molecule has 1 aromatic heterocycles. The van der Waals surface area contributed by atoms with Crippen molar-refractivity contribution in [1.82, 2.24) is 9.88 Å². The number of benzene rings is 2. The van der Waals surface area contributed by atoms with E-state index in [0.29, 0.717) is 22.4 Å². The van der Waals surface area contributed by atoms with Crippen LogP contribution in [0.25, 0.3) is 10.9 Å². The van der Waals surface area contributed by atoms with Gasteiger partial charge in [-0.25, -0.2) is 14.2 Å². The zero-order valence-electron chi connectivity index (χ0n) is 17.8. The lowest BCUT2D eigenvalue weighted by molar-refractivity contribution is 0.0698. The molecule has 2 aromatic carbocycles. The molecule has 4 rings (SSSR count). The number of pyridine rings is 1. The summed E-state index contributed by atoms with van der Waals surface area (Å²) in [6.07, 6.45) is 1.10. The van der Waals surface area contributed by atoms with Crippen LogP contribution in [0.2, 0.25) is 0 Å². The molecule has 0 atom stereocenters. The minimum Gasteiger partial charge on any atom is -0.478 e. The van der Waals surface area contributed by atoms with E-state index in [1.807, 2.05) is 0 Å². The van der Waals surface area contributed by atoms with Crippen LogP contribution in [0, 0.1) is 5.82 Å². The van der Waals surface area contributed by atoms with Crippen LogP contribution in [0.5, 0.6) is 0 Å². The number of nitrogens with one attached hydrogen (secondary N) is 1. The fraction of sp³-hybridized carbons (Fsp3) is 0.292. The Morgan fingerprint density at radius 1 is 1.06 bits per heavy atom. The lowest BCUT2D eigenvalue weighted by atomic mass is 10.1. The van der Waals surface area contributed by atoms with Gasteiger partial charge in [0.05, 0.1) is 16.6 Å². The topological polar surface area (TPSA) is 85.8 Å². The minimum atomic E-state index is -1.07. The third-order valence-electron chi connectivity index (χ3n) is 5.64. The number of carboxylic acids is 1. The van der Waals surface area contributed by atoms with E-state index in [-0.39, 0.29) is 11.1 Å². The normalized spacial score (nSPS) is 14.5. The van der Waals surface area contributed by atoms with Crippen LogP contribution >= 0.6 is 0 Å². The number of fused-ring (bicyclic) bond motifs is 1. The number of piperazine rings is 1. The average Bonchev–Trinajstić information content (AvgIpc) is 2.79. The number of nitrogens with zero attached hydrogens (tertiary/aromatic N) is 3. The molecule has 1 aliphatic rings. The highest BCUT2D eigenvalue weighted by atomic mass is 19.1. The molecule has 0 saturated carbocycles. The third kappa shape index (κ3) is 4.55. The summed E-state index contributed by atoms with van der Waals surface area (Å²) in [4.78, 5) is 33.6. The lowest BCUT2D eigenvalue weighted by Crippen LogP contribution is -2.46. The van der Waals surface area contributed by atoms with E-state index in [0.717, 1.165) is 39.1 Å². The molecule has 0 bridgehead atoms. The van der Waals surface area contributed by atoms with E-state index in [2.05, 4.69) is 27.0 Å². The van der Waals surface area contributed by atoms with Crippen molar-refractivity contribution >= 4 is 34.3 Å².